The summed E-state index contributed by atoms with van der Waals surface area (Å²) in [4.78, 5) is 0. The average Bonchev–Trinajstić information content (AvgIpc) is 2.62. The lowest BCUT2D eigenvalue weighted by atomic mass is 9.96. The Bertz CT molecular complexity index is 198. The highest BCUT2D eigenvalue weighted by atomic mass is 32.2. The van der Waals surface area contributed by atoms with Crippen LogP contribution in [-0.4, -0.2) is 22.2 Å². The van der Waals surface area contributed by atoms with Crippen LogP contribution in [0.3, 0.4) is 0 Å². The second kappa shape index (κ2) is 2.90. The second-order valence-corrected chi connectivity index (χ2v) is 6.10. The van der Waals surface area contributed by atoms with Crippen LogP contribution in [0.2, 0.25) is 0 Å². The van der Waals surface area contributed by atoms with Gasteiger partial charge >= 0.3 is 0 Å². The number of aliphatic hydroxyl groups is 1. The smallest absolute Gasteiger partial charge is 0.0747 e. The molecular formula is C11H18OS. The summed E-state index contributed by atoms with van der Waals surface area (Å²) >= 11 is 2.03. The summed E-state index contributed by atoms with van der Waals surface area (Å²) in [6.45, 7) is 0. The van der Waals surface area contributed by atoms with Crippen LogP contribution < -0.4 is 0 Å². The fourth-order valence-corrected chi connectivity index (χ4v) is 4.98. The van der Waals surface area contributed by atoms with Crippen molar-refractivity contribution in [2.45, 2.75) is 37.7 Å². The van der Waals surface area contributed by atoms with Crippen LogP contribution in [0.5, 0.6) is 0 Å². The van der Waals surface area contributed by atoms with E-state index < -0.39 is 0 Å². The minimum atomic E-state index is -0.194. The summed E-state index contributed by atoms with van der Waals surface area (Å²) in [5, 5.41) is 10.6. The number of hydrogen-bond acceptors (Lipinski definition) is 2. The van der Waals surface area contributed by atoms with Gasteiger partial charge in [0.1, 0.15) is 0 Å². The van der Waals surface area contributed by atoms with Crippen molar-refractivity contribution in [3.05, 3.63) is 0 Å². The Morgan fingerprint density at radius 2 is 1.77 bits per heavy atom. The predicted molar refractivity (Wildman–Crippen MR) is 55.8 cm³/mol. The molecular weight excluding hydrogens is 180 g/mol. The topological polar surface area (TPSA) is 20.2 Å². The summed E-state index contributed by atoms with van der Waals surface area (Å²) in [5.41, 5.74) is -0.194. The van der Waals surface area contributed by atoms with E-state index in [9.17, 15) is 5.11 Å². The van der Waals surface area contributed by atoms with Crippen molar-refractivity contribution in [2.75, 3.05) is 11.5 Å². The molecule has 1 heterocycles. The van der Waals surface area contributed by atoms with Gasteiger partial charge in [0.25, 0.3) is 0 Å². The first-order chi connectivity index (χ1) is 6.33. The summed E-state index contributed by atoms with van der Waals surface area (Å²) in [6.07, 6.45) is 6.62. The lowest BCUT2D eigenvalue weighted by Crippen LogP contribution is -2.25. The van der Waals surface area contributed by atoms with Gasteiger partial charge in [-0.2, -0.15) is 11.8 Å². The Kier molecular flexibility index (Phi) is 1.92. The largest absolute Gasteiger partial charge is 0.389 e. The Hall–Kier alpha value is 0.310. The van der Waals surface area contributed by atoms with E-state index in [2.05, 4.69) is 0 Å². The van der Waals surface area contributed by atoms with Gasteiger partial charge in [-0.25, -0.2) is 0 Å². The maximum Gasteiger partial charge on any atom is 0.0747 e. The molecule has 3 unspecified atom stereocenters. The third-order valence-corrected chi connectivity index (χ3v) is 5.59. The molecule has 3 fully saturated rings. The van der Waals surface area contributed by atoms with Crippen molar-refractivity contribution >= 4 is 11.8 Å². The zero-order valence-electron chi connectivity index (χ0n) is 8.04. The van der Waals surface area contributed by atoms with Crippen LogP contribution in [0.4, 0.5) is 0 Å². The standard InChI is InChI=1S/C11H18OS/c12-11(8-5-6-13-7-8)9-3-1-2-4-10(9)11/h8-10,12H,1-7H2. The monoisotopic (exact) mass is 198 g/mol. The highest BCUT2D eigenvalue weighted by Gasteiger charge is 2.67. The van der Waals surface area contributed by atoms with E-state index in [1.54, 1.807) is 0 Å². The highest BCUT2D eigenvalue weighted by molar-refractivity contribution is 7.99. The molecule has 0 bridgehead atoms. The Morgan fingerprint density at radius 1 is 1.08 bits per heavy atom. The lowest BCUT2D eigenvalue weighted by molar-refractivity contribution is 0.0647. The van der Waals surface area contributed by atoms with Crippen LogP contribution in [0.25, 0.3) is 0 Å². The summed E-state index contributed by atoms with van der Waals surface area (Å²) in [6, 6.07) is 0. The van der Waals surface area contributed by atoms with Crippen LogP contribution in [0.15, 0.2) is 0 Å². The van der Waals surface area contributed by atoms with Crippen molar-refractivity contribution in [1.82, 2.24) is 0 Å². The molecule has 0 aromatic heterocycles. The predicted octanol–water partition coefficient (Wildman–Crippen LogP) is 2.29. The molecule has 0 aromatic carbocycles. The normalized spacial score (nSPS) is 54.7. The number of hydrogen-bond donors (Lipinski definition) is 1. The molecule has 1 nitrogen and oxygen atoms in total. The van der Waals surface area contributed by atoms with Crippen molar-refractivity contribution in [3.8, 4) is 0 Å². The number of fused-ring (bicyclic) bond motifs is 1. The van der Waals surface area contributed by atoms with Gasteiger partial charge < -0.3 is 5.11 Å². The minimum Gasteiger partial charge on any atom is -0.389 e. The number of thioether (sulfide) groups is 1. The molecule has 3 rings (SSSR count). The van der Waals surface area contributed by atoms with Crippen LogP contribution >= 0.6 is 11.8 Å². The van der Waals surface area contributed by atoms with E-state index in [1.807, 2.05) is 11.8 Å². The van der Waals surface area contributed by atoms with Crippen molar-refractivity contribution in [2.24, 2.45) is 17.8 Å². The van der Waals surface area contributed by atoms with Crippen LogP contribution in [0, 0.1) is 17.8 Å². The Balaban J connectivity index is 1.75. The SMILES string of the molecule is OC1(C2CCSC2)C2CCCCC21. The molecule has 1 saturated heterocycles. The number of rotatable bonds is 1. The molecule has 0 amide bonds. The van der Waals surface area contributed by atoms with Crippen molar-refractivity contribution in [1.29, 1.82) is 0 Å². The molecule has 0 radical (unpaired) electrons. The Labute approximate surface area is 84.3 Å². The van der Waals surface area contributed by atoms with Gasteiger partial charge in [-0.15, -0.1) is 0 Å². The first kappa shape index (κ1) is 8.60. The van der Waals surface area contributed by atoms with Gasteiger partial charge in [0.05, 0.1) is 5.60 Å². The van der Waals surface area contributed by atoms with Crippen LogP contribution in [0.1, 0.15) is 32.1 Å². The van der Waals surface area contributed by atoms with E-state index >= 15 is 0 Å². The molecule has 3 aliphatic rings. The molecule has 74 valence electrons. The van der Waals surface area contributed by atoms with E-state index in [0.717, 1.165) is 0 Å². The third kappa shape index (κ3) is 1.11. The van der Waals surface area contributed by atoms with Gasteiger partial charge in [0.15, 0.2) is 0 Å². The third-order valence-electron chi connectivity index (χ3n) is 4.43. The molecule has 1 aliphatic heterocycles. The first-order valence-corrected chi connectivity index (χ1v) is 6.79. The molecule has 2 saturated carbocycles. The first-order valence-electron chi connectivity index (χ1n) is 5.63. The lowest BCUT2D eigenvalue weighted by Gasteiger charge is -2.17. The van der Waals surface area contributed by atoms with E-state index in [4.69, 9.17) is 0 Å². The molecule has 3 atom stereocenters. The molecule has 0 aromatic rings. The van der Waals surface area contributed by atoms with Crippen molar-refractivity contribution < 1.29 is 5.11 Å². The molecule has 2 heteroatoms. The maximum atomic E-state index is 10.6. The van der Waals surface area contributed by atoms with E-state index in [1.165, 1.54) is 43.6 Å². The fraction of sp³-hybridized carbons (Fsp3) is 1.00. The van der Waals surface area contributed by atoms with Gasteiger partial charge in [-0.05, 0) is 48.5 Å². The Morgan fingerprint density at radius 3 is 2.31 bits per heavy atom. The fourth-order valence-electron chi connectivity index (χ4n) is 3.64. The van der Waals surface area contributed by atoms with E-state index in [-0.39, 0.29) is 5.60 Å². The summed E-state index contributed by atoms with van der Waals surface area (Å²) in [7, 11) is 0. The summed E-state index contributed by atoms with van der Waals surface area (Å²) < 4.78 is 0. The van der Waals surface area contributed by atoms with Gasteiger partial charge in [-0.3, -0.25) is 0 Å². The maximum absolute atomic E-state index is 10.6. The quantitative estimate of drug-likeness (QED) is 0.697. The second-order valence-electron chi connectivity index (χ2n) is 4.95. The average molecular weight is 198 g/mol. The van der Waals surface area contributed by atoms with Gasteiger partial charge in [-0.1, -0.05) is 12.8 Å². The van der Waals surface area contributed by atoms with Gasteiger partial charge in [0.2, 0.25) is 0 Å². The zero-order valence-corrected chi connectivity index (χ0v) is 8.85. The molecule has 2 aliphatic carbocycles. The van der Waals surface area contributed by atoms with Gasteiger partial charge in [0, 0.05) is 0 Å². The van der Waals surface area contributed by atoms with Crippen molar-refractivity contribution in [3.63, 3.8) is 0 Å². The summed E-state index contributed by atoms with van der Waals surface area (Å²) in [5.74, 6) is 4.55. The van der Waals surface area contributed by atoms with E-state index in [0.29, 0.717) is 17.8 Å². The van der Waals surface area contributed by atoms with Crippen LogP contribution in [-0.2, 0) is 0 Å². The molecule has 0 spiro atoms. The minimum absolute atomic E-state index is 0.194. The zero-order chi connectivity index (χ0) is 8.89. The molecule has 1 N–H and O–H groups in total. The highest BCUT2D eigenvalue weighted by Crippen LogP contribution is 2.63. The molecule has 13 heavy (non-hydrogen) atoms.